The first-order valence-corrected chi connectivity index (χ1v) is 10.9. The van der Waals surface area contributed by atoms with E-state index in [9.17, 15) is 9.18 Å². The molecule has 0 saturated heterocycles. The lowest BCUT2D eigenvalue weighted by Crippen LogP contribution is -2.51. The third-order valence-corrected chi connectivity index (χ3v) is 6.17. The van der Waals surface area contributed by atoms with Gasteiger partial charge in [0.25, 0.3) is 5.91 Å². The molecule has 5 heterocycles. The minimum Gasteiger partial charge on any atom is -0.307 e. The van der Waals surface area contributed by atoms with Crippen molar-refractivity contribution in [2.45, 2.75) is 13.1 Å². The van der Waals surface area contributed by atoms with Gasteiger partial charge in [-0.05, 0) is 19.2 Å². The fourth-order valence-corrected chi connectivity index (χ4v) is 4.55. The van der Waals surface area contributed by atoms with Crippen LogP contribution in [-0.2, 0) is 13.1 Å². The molecule has 33 heavy (non-hydrogen) atoms. The summed E-state index contributed by atoms with van der Waals surface area (Å²) in [5, 5.41) is 7.83. The van der Waals surface area contributed by atoms with Crippen molar-refractivity contribution in [3.05, 3.63) is 52.6 Å². The molecule has 0 spiro atoms. The summed E-state index contributed by atoms with van der Waals surface area (Å²) >= 11 is 6.25. The Morgan fingerprint density at radius 3 is 2.94 bits per heavy atom. The van der Waals surface area contributed by atoms with E-state index in [0.29, 0.717) is 36.6 Å². The zero-order valence-electron chi connectivity index (χ0n) is 17.7. The average Bonchev–Trinajstić information content (AvgIpc) is 3.42. The van der Waals surface area contributed by atoms with E-state index in [1.807, 2.05) is 10.7 Å². The summed E-state index contributed by atoms with van der Waals surface area (Å²) in [6.45, 7) is 3.51. The molecule has 0 fully saturated rings. The first kappa shape index (κ1) is 20.1. The maximum atomic E-state index is 14.7. The van der Waals surface area contributed by atoms with E-state index in [1.165, 1.54) is 29.3 Å². The van der Waals surface area contributed by atoms with Crippen LogP contribution in [-0.4, -0.2) is 63.2 Å². The van der Waals surface area contributed by atoms with E-state index < -0.39 is 11.7 Å². The molecule has 10 nitrogen and oxygen atoms in total. The van der Waals surface area contributed by atoms with Crippen molar-refractivity contribution in [1.29, 1.82) is 0 Å². The SMILES string of the molecule is CN1CCn2nc(Nc3ncc4c(n3)N3CCN=C3N(c3c(F)cccc3Cl)C4=O)cc2C1. The molecule has 1 amide bonds. The van der Waals surface area contributed by atoms with Crippen LogP contribution < -0.4 is 15.1 Å². The number of amides is 1. The molecule has 3 aliphatic heterocycles. The second-order valence-corrected chi connectivity index (χ2v) is 8.49. The number of fused-ring (bicyclic) bond motifs is 4. The predicted octanol–water partition coefficient (Wildman–Crippen LogP) is 2.49. The molecular formula is C21H19ClFN9O. The van der Waals surface area contributed by atoms with Crippen LogP contribution in [0.15, 0.2) is 35.5 Å². The number of hydrogen-bond donors (Lipinski definition) is 1. The van der Waals surface area contributed by atoms with Gasteiger partial charge in [-0.2, -0.15) is 10.1 Å². The number of para-hydroxylation sites is 1. The Labute approximate surface area is 193 Å². The Hall–Kier alpha value is -3.57. The summed E-state index contributed by atoms with van der Waals surface area (Å²) in [5.41, 5.74) is 1.31. The number of anilines is 4. The van der Waals surface area contributed by atoms with Crippen LogP contribution >= 0.6 is 11.6 Å². The second-order valence-electron chi connectivity index (χ2n) is 8.08. The molecule has 0 unspecified atom stereocenters. The fraction of sp³-hybridized carbons (Fsp3) is 0.286. The number of likely N-dealkylation sites (N-methyl/N-ethyl adjacent to an activating group) is 1. The molecule has 0 aliphatic carbocycles. The van der Waals surface area contributed by atoms with Crippen LogP contribution in [0.4, 0.5) is 27.7 Å². The van der Waals surface area contributed by atoms with Gasteiger partial charge in [0.15, 0.2) is 11.6 Å². The lowest BCUT2D eigenvalue weighted by atomic mass is 10.1. The number of benzene rings is 1. The molecule has 2 aromatic heterocycles. The van der Waals surface area contributed by atoms with Gasteiger partial charge < -0.3 is 5.32 Å². The fourth-order valence-electron chi connectivity index (χ4n) is 4.31. The second kappa shape index (κ2) is 7.49. The summed E-state index contributed by atoms with van der Waals surface area (Å²) in [7, 11) is 2.07. The van der Waals surface area contributed by atoms with Gasteiger partial charge in [0, 0.05) is 31.9 Å². The first-order chi connectivity index (χ1) is 16.0. The van der Waals surface area contributed by atoms with Crippen molar-refractivity contribution in [1.82, 2.24) is 24.6 Å². The molecule has 3 aromatic rings. The van der Waals surface area contributed by atoms with Gasteiger partial charge in [0.1, 0.15) is 17.1 Å². The number of nitrogens with one attached hydrogen (secondary N) is 1. The first-order valence-electron chi connectivity index (χ1n) is 10.5. The maximum Gasteiger partial charge on any atom is 0.270 e. The van der Waals surface area contributed by atoms with Crippen molar-refractivity contribution >= 4 is 46.7 Å². The van der Waals surface area contributed by atoms with Gasteiger partial charge >= 0.3 is 0 Å². The lowest BCUT2D eigenvalue weighted by Gasteiger charge is -2.35. The Balaban J connectivity index is 1.36. The van der Waals surface area contributed by atoms with Crippen molar-refractivity contribution in [2.75, 3.05) is 41.8 Å². The smallest absolute Gasteiger partial charge is 0.270 e. The number of rotatable bonds is 3. The van der Waals surface area contributed by atoms with Crippen LogP contribution in [0.2, 0.25) is 5.02 Å². The molecule has 0 saturated carbocycles. The molecule has 0 bridgehead atoms. The number of hydrogen-bond acceptors (Lipinski definition) is 8. The molecule has 3 aliphatic rings. The number of aromatic nitrogens is 4. The van der Waals surface area contributed by atoms with Crippen molar-refractivity contribution in [3.63, 3.8) is 0 Å². The van der Waals surface area contributed by atoms with Crippen LogP contribution in [0, 0.1) is 5.82 Å². The van der Waals surface area contributed by atoms with E-state index in [-0.39, 0.29) is 16.3 Å². The van der Waals surface area contributed by atoms with Crippen LogP contribution in [0.25, 0.3) is 0 Å². The molecule has 1 N–H and O–H groups in total. The van der Waals surface area contributed by atoms with Gasteiger partial charge in [-0.25, -0.2) is 14.3 Å². The zero-order chi connectivity index (χ0) is 22.7. The number of carbonyl (C=O) groups is 1. The summed E-state index contributed by atoms with van der Waals surface area (Å²) in [6.07, 6.45) is 1.44. The van der Waals surface area contributed by atoms with E-state index >= 15 is 0 Å². The molecular weight excluding hydrogens is 449 g/mol. The third-order valence-electron chi connectivity index (χ3n) is 5.87. The van der Waals surface area contributed by atoms with E-state index in [1.54, 1.807) is 4.90 Å². The molecule has 6 rings (SSSR count). The highest BCUT2D eigenvalue weighted by Gasteiger charge is 2.41. The molecule has 1 aromatic carbocycles. The summed E-state index contributed by atoms with van der Waals surface area (Å²) in [4.78, 5) is 31.9. The molecule has 168 valence electrons. The standard InChI is InChI=1S/C21H19ClFN9O/c1-29-7-8-31-12(11-29)9-16(28-31)26-20-25-10-13-18(27-20)30-6-5-24-21(30)32(19(13)33)17-14(22)3-2-4-15(17)23/h2-4,9-10H,5-8,11H2,1H3,(H,25,26,27,28). The molecule has 0 atom stereocenters. The number of guanidine groups is 1. The number of halogens is 2. The highest BCUT2D eigenvalue weighted by molar-refractivity contribution is 6.38. The Morgan fingerprint density at radius 2 is 2.09 bits per heavy atom. The van der Waals surface area contributed by atoms with Crippen LogP contribution in [0.5, 0.6) is 0 Å². The Bertz CT molecular complexity index is 1300. The minimum atomic E-state index is -0.609. The van der Waals surface area contributed by atoms with Gasteiger partial charge in [-0.15, -0.1) is 0 Å². The summed E-state index contributed by atoms with van der Waals surface area (Å²) in [5.74, 6) is 0.570. The van der Waals surface area contributed by atoms with E-state index in [0.717, 1.165) is 25.3 Å². The quantitative estimate of drug-likeness (QED) is 0.632. The Kier molecular flexibility index (Phi) is 4.56. The van der Waals surface area contributed by atoms with Gasteiger partial charge in [0.05, 0.1) is 23.8 Å². The van der Waals surface area contributed by atoms with Gasteiger partial charge in [-0.1, -0.05) is 17.7 Å². The van der Waals surface area contributed by atoms with Crippen molar-refractivity contribution in [2.24, 2.45) is 4.99 Å². The lowest BCUT2D eigenvalue weighted by molar-refractivity contribution is 0.0999. The average molecular weight is 468 g/mol. The Morgan fingerprint density at radius 1 is 1.21 bits per heavy atom. The monoisotopic (exact) mass is 467 g/mol. The van der Waals surface area contributed by atoms with Gasteiger partial charge in [0.2, 0.25) is 11.9 Å². The summed E-state index contributed by atoms with van der Waals surface area (Å²) in [6, 6.07) is 6.25. The molecule has 0 radical (unpaired) electrons. The molecule has 12 heteroatoms. The maximum absolute atomic E-state index is 14.7. The number of aliphatic imine (C=N–C) groups is 1. The minimum absolute atomic E-state index is 0.0313. The highest BCUT2D eigenvalue weighted by Crippen LogP contribution is 2.37. The topological polar surface area (TPSA) is 94.8 Å². The van der Waals surface area contributed by atoms with E-state index in [4.69, 9.17) is 11.6 Å². The van der Waals surface area contributed by atoms with Gasteiger partial charge in [-0.3, -0.25) is 24.3 Å². The van der Waals surface area contributed by atoms with Crippen molar-refractivity contribution in [3.8, 4) is 0 Å². The highest BCUT2D eigenvalue weighted by atomic mass is 35.5. The normalized spacial score (nSPS) is 17.5. The largest absolute Gasteiger partial charge is 0.307 e. The third kappa shape index (κ3) is 3.23. The van der Waals surface area contributed by atoms with Crippen LogP contribution in [0.1, 0.15) is 16.1 Å². The summed E-state index contributed by atoms with van der Waals surface area (Å²) < 4.78 is 16.6. The number of nitrogens with zero attached hydrogens (tertiary/aromatic N) is 8. The number of carbonyl (C=O) groups excluding carboxylic acids is 1. The van der Waals surface area contributed by atoms with E-state index in [2.05, 4.69) is 37.3 Å². The predicted molar refractivity (Wildman–Crippen MR) is 122 cm³/mol. The van der Waals surface area contributed by atoms with Crippen molar-refractivity contribution < 1.29 is 9.18 Å². The van der Waals surface area contributed by atoms with Crippen LogP contribution in [0.3, 0.4) is 0 Å². The zero-order valence-corrected chi connectivity index (χ0v) is 18.4.